The Morgan fingerprint density at radius 2 is 2.09 bits per heavy atom. The van der Waals surface area contributed by atoms with Crippen molar-refractivity contribution in [1.82, 2.24) is 10.2 Å². The molecule has 4 heteroatoms. The minimum atomic E-state index is 0.0124. The largest absolute Gasteiger partial charge is 0.349 e. The topological polar surface area (TPSA) is 49.4 Å². The Morgan fingerprint density at radius 3 is 2.83 bits per heavy atom. The molecule has 0 bridgehead atoms. The highest BCUT2D eigenvalue weighted by Crippen LogP contribution is 2.24. The molecule has 0 aromatic heterocycles. The summed E-state index contributed by atoms with van der Waals surface area (Å²) in [6, 6.07) is 7.98. The van der Waals surface area contributed by atoms with E-state index in [-0.39, 0.29) is 11.8 Å². The lowest BCUT2D eigenvalue weighted by atomic mass is 9.86. The van der Waals surface area contributed by atoms with E-state index in [2.05, 4.69) is 12.2 Å². The zero-order chi connectivity index (χ0) is 16.2. The van der Waals surface area contributed by atoms with Crippen LogP contribution in [-0.2, 0) is 11.3 Å². The average molecular weight is 314 g/mol. The highest BCUT2D eigenvalue weighted by molar-refractivity contribution is 5.94. The molecule has 1 heterocycles. The molecule has 23 heavy (non-hydrogen) atoms. The molecule has 1 aliphatic carbocycles. The second-order valence-corrected chi connectivity index (χ2v) is 6.96. The SMILES string of the molecule is C[C@H]1CCCC[C@H]1NC(=O)c1cccc(CN2CCCC2=O)c1. The van der Waals surface area contributed by atoms with Gasteiger partial charge in [-0.05, 0) is 42.9 Å². The first-order chi connectivity index (χ1) is 11.1. The summed E-state index contributed by atoms with van der Waals surface area (Å²) in [6.07, 6.45) is 6.34. The van der Waals surface area contributed by atoms with Gasteiger partial charge in [0.15, 0.2) is 0 Å². The Hall–Kier alpha value is -1.84. The van der Waals surface area contributed by atoms with Gasteiger partial charge in [-0.1, -0.05) is 31.9 Å². The smallest absolute Gasteiger partial charge is 0.251 e. The molecule has 1 aromatic carbocycles. The minimum absolute atomic E-state index is 0.0124. The Kier molecular flexibility index (Phi) is 4.99. The lowest BCUT2D eigenvalue weighted by Crippen LogP contribution is -2.41. The van der Waals surface area contributed by atoms with Crippen molar-refractivity contribution in [2.75, 3.05) is 6.54 Å². The van der Waals surface area contributed by atoms with E-state index in [4.69, 9.17) is 0 Å². The summed E-state index contributed by atoms with van der Waals surface area (Å²) in [5.41, 5.74) is 1.73. The van der Waals surface area contributed by atoms with Crippen LogP contribution in [0.2, 0.25) is 0 Å². The molecule has 0 radical (unpaired) electrons. The van der Waals surface area contributed by atoms with Gasteiger partial charge in [0.05, 0.1) is 0 Å². The van der Waals surface area contributed by atoms with Crippen molar-refractivity contribution in [1.29, 1.82) is 0 Å². The summed E-state index contributed by atoms with van der Waals surface area (Å²) in [4.78, 5) is 26.1. The number of nitrogens with one attached hydrogen (secondary N) is 1. The second kappa shape index (κ2) is 7.16. The van der Waals surface area contributed by atoms with E-state index in [0.717, 1.165) is 24.9 Å². The number of benzene rings is 1. The molecule has 1 saturated heterocycles. The lowest BCUT2D eigenvalue weighted by molar-refractivity contribution is -0.128. The maximum Gasteiger partial charge on any atom is 0.251 e. The van der Waals surface area contributed by atoms with Crippen molar-refractivity contribution in [3.63, 3.8) is 0 Å². The van der Waals surface area contributed by atoms with Gasteiger partial charge < -0.3 is 10.2 Å². The van der Waals surface area contributed by atoms with Gasteiger partial charge in [0.25, 0.3) is 5.91 Å². The zero-order valence-corrected chi connectivity index (χ0v) is 13.9. The second-order valence-electron chi connectivity index (χ2n) is 6.96. The van der Waals surface area contributed by atoms with Gasteiger partial charge >= 0.3 is 0 Å². The van der Waals surface area contributed by atoms with Gasteiger partial charge in [-0.3, -0.25) is 9.59 Å². The number of carbonyl (C=O) groups is 2. The highest BCUT2D eigenvalue weighted by atomic mass is 16.2. The van der Waals surface area contributed by atoms with Crippen molar-refractivity contribution in [3.8, 4) is 0 Å². The summed E-state index contributed by atoms with van der Waals surface area (Å²) < 4.78 is 0. The van der Waals surface area contributed by atoms with Gasteiger partial charge in [0, 0.05) is 31.1 Å². The van der Waals surface area contributed by atoms with E-state index in [1.165, 1.54) is 19.3 Å². The Morgan fingerprint density at radius 1 is 1.26 bits per heavy atom. The van der Waals surface area contributed by atoms with Crippen molar-refractivity contribution in [2.45, 2.75) is 58.0 Å². The molecule has 0 unspecified atom stereocenters. The molecule has 2 atom stereocenters. The maximum absolute atomic E-state index is 12.5. The number of nitrogens with zero attached hydrogens (tertiary/aromatic N) is 1. The molecule has 1 aliphatic heterocycles. The minimum Gasteiger partial charge on any atom is -0.349 e. The standard InChI is InChI=1S/C19H26N2O2/c1-14-6-2-3-9-17(14)20-19(23)16-8-4-7-15(12-16)13-21-11-5-10-18(21)22/h4,7-8,12,14,17H,2-3,5-6,9-11,13H2,1H3,(H,20,23)/t14-,17+/m0/s1. The molecule has 3 rings (SSSR count). The number of likely N-dealkylation sites (tertiary alicyclic amines) is 1. The van der Waals surface area contributed by atoms with Crippen LogP contribution >= 0.6 is 0 Å². The maximum atomic E-state index is 12.5. The van der Waals surface area contributed by atoms with Crippen LogP contribution in [0.5, 0.6) is 0 Å². The number of amides is 2. The third-order valence-electron chi connectivity index (χ3n) is 5.16. The molecule has 124 valence electrons. The zero-order valence-electron chi connectivity index (χ0n) is 13.9. The molecule has 2 fully saturated rings. The van der Waals surface area contributed by atoms with E-state index >= 15 is 0 Å². The summed E-state index contributed by atoms with van der Waals surface area (Å²) in [5.74, 6) is 0.785. The normalized spacial score (nSPS) is 24.7. The van der Waals surface area contributed by atoms with Gasteiger partial charge in [-0.15, -0.1) is 0 Å². The highest BCUT2D eigenvalue weighted by Gasteiger charge is 2.24. The summed E-state index contributed by atoms with van der Waals surface area (Å²) in [6.45, 7) is 3.66. The van der Waals surface area contributed by atoms with Crippen LogP contribution in [0, 0.1) is 5.92 Å². The van der Waals surface area contributed by atoms with E-state index in [1.807, 2.05) is 29.2 Å². The summed E-state index contributed by atoms with van der Waals surface area (Å²) in [5, 5.41) is 3.20. The quantitative estimate of drug-likeness (QED) is 0.928. The summed E-state index contributed by atoms with van der Waals surface area (Å²) >= 11 is 0. The molecule has 1 aromatic rings. The number of carbonyl (C=O) groups excluding carboxylic acids is 2. The average Bonchev–Trinajstić information content (AvgIpc) is 2.95. The van der Waals surface area contributed by atoms with Gasteiger partial charge in [0.1, 0.15) is 0 Å². The molecular formula is C19H26N2O2. The van der Waals surface area contributed by atoms with Crippen LogP contribution in [0.4, 0.5) is 0 Å². The first kappa shape index (κ1) is 16.0. The van der Waals surface area contributed by atoms with Crippen molar-refractivity contribution < 1.29 is 9.59 Å². The van der Waals surface area contributed by atoms with Crippen LogP contribution in [0.1, 0.15) is 61.4 Å². The Bertz CT molecular complexity index is 584. The lowest BCUT2D eigenvalue weighted by Gasteiger charge is -2.29. The molecule has 0 spiro atoms. The molecular weight excluding hydrogens is 288 g/mol. The summed E-state index contributed by atoms with van der Waals surface area (Å²) in [7, 11) is 0. The van der Waals surface area contributed by atoms with E-state index < -0.39 is 0 Å². The molecule has 4 nitrogen and oxygen atoms in total. The fourth-order valence-corrected chi connectivity index (χ4v) is 3.68. The van der Waals surface area contributed by atoms with Crippen LogP contribution in [-0.4, -0.2) is 29.3 Å². The van der Waals surface area contributed by atoms with Gasteiger partial charge in [0.2, 0.25) is 5.91 Å². The van der Waals surface area contributed by atoms with Crippen LogP contribution < -0.4 is 5.32 Å². The van der Waals surface area contributed by atoms with Crippen LogP contribution in [0.3, 0.4) is 0 Å². The molecule has 1 N–H and O–H groups in total. The predicted molar refractivity (Wildman–Crippen MR) is 90.0 cm³/mol. The predicted octanol–water partition coefficient (Wildman–Crippen LogP) is 3.12. The van der Waals surface area contributed by atoms with Crippen molar-refractivity contribution in [2.24, 2.45) is 5.92 Å². The number of rotatable bonds is 4. The monoisotopic (exact) mass is 314 g/mol. The first-order valence-corrected chi connectivity index (χ1v) is 8.81. The van der Waals surface area contributed by atoms with E-state index in [0.29, 0.717) is 30.5 Å². The number of hydrogen-bond acceptors (Lipinski definition) is 2. The van der Waals surface area contributed by atoms with E-state index in [1.54, 1.807) is 0 Å². The fourth-order valence-electron chi connectivity index (χ4n) is 3.68. The Labute approximate surface area is 138 Å². The third kappa shape index (κ3) is 3.92. The van der Waals surface area contributed by atoms with Gasteiger partial charge in [-0.25, -0.2) is 0 Å². The van der Waals surface area contributed by atoms with E-state index in [9.17, 15) is 9.59 Å². The van der Waals surface area contributed by atoms with Crippen molar-refractivity contribution in [3.05, 3.63) is 35.4 Å². The van der Waals surface area contributed by atoms with Crippen molar-refractivity contribution >= 4 is 11.8 Å². The van der Waals surface area contributed by atoms with Gasteiger partial charge in [-0.2, -0.15) is 0 Å². The number of hydrogen-bond donors (Lipinski definition) is 1. The molecule has 2 aliphatic rings. The van der Waals surface area contributed by atoms with Crippen LogP contribution in [0.25, 0.3) is 0 Å². The van der Waals surface area contributed by atoms with Crippen LogP contribution in [0.15, 0.2) is 24.3 Å². The first-order valence-electron chi connectivity index (χ1n) is 8.81. The third-order valence-corrected chi connectivity index (χ3v) is 5.16. The Balaban J connectivity index is 1.64. The fraction of sp³-hybridized carbons (Fsp3) is 0.579. The molecule has 1 saturated carbocycles. The molecule has 2 amide bonds.